The van der Waals surface area contributed by atoms with Gasteiger partial charge >= 0.3 is 0 Å². The van der Waals surface area contributed by atoms with E-state index in [0.717, 1.165) is 24.8 Å². The minimum Gasteiger partial charge on any atom is -0.301 e. The van der Waals surface area contributed by atoms with Crippen molar-refractivity contribution in [2.24, 2.45) is 0 Å². The summed E-state index contributed by atoms with van der Waals surface area (Å²) in [5.74, 6) is -0.489. The summed E-state index contributed by atoms with van der Waals surface area (Å²) in [6.45, 7) is 0. The Morgan fingerprint density at radius 1 is 1.00 bits per heavy atom. The van der Waals surface area contributed by atoms with Crippen molar-refractivity contribution >= 4 is 39.9 Å². The second kappa shape index (κ2) is 10.1. The van der Waals surface area contributed by atoms with Gasteiger partial charge in [0.15, 0.2) is 0 Å². The highest BCUT2D eigenvalue weighted by Gasteiger charge is 2.09. The van der Waals surface area contributed by atoms with Crippen LogP contribution >= 0.6 is 22.9 Å². The number of hydrogen-bond donors (Lipinski definition) is 3. The van der Waals surface area contributed by atoms with Crippen molar-refractivity contribution in [3.8, 4) is 10.6 Å². The molecule has 25 heavy (non-hydrogen) atoms. The molecule has 2 amide bonds. The van der Waals surface area contributed by atoms with Crippen LogP contribution in [0.15, 0.2) is 24.3 Å². The number of nitrogens with zero attached hydrogens (tertiary/aromatic N) is 2. The molecule has 0 unspecified atom stereocenters. The number of carbonyl (C=O) groups is 2. The lowest BCUT2D eigenvalue weighted by Gasteiger charge is -2.02. The van der Waals surface area contributed by atoms with Crippen LogP contribution in [-0.2, 0) is 9.59 Å². The molecular weight excluding hydrogens is 364 g/mol. The molecule has 0 saturated heterocycles. The maximum atomic E-state index is 11.9. The molecular formula is C16H19ClN4O3S. The lowest BCUT2D eigenvalue weighted by molar-refractivity contribution is -0.129. The SMILES string of the molecule is O=C(CCCCCCC(=O)Nc1nnc(-c2ccc(Cl)cc2)s1)NO. The number of anilines is 1. The van der Waals surface area contributed by atoms with Gasteiger partial charge in [-0.15, -0.1) is 10.2 Å². The summed E-state index contributed by atoms with van der Waals surface area (Å²) in [7, 11) is 0. The summed E-state index contributed by atoms with van der Waals surface area (Å²) < 4.78 is 0. The molecule has 0 aliphatic heterocycles. The zero-order valence-electron chi connectivity index (χ0n) is 13.5. The van der Waals surface area contributed by atoms with Gasteiger partial charge in [0.2, 0.25) is 16.9 Å². The zero-order chi connectivity index (χ0) is 18.1. The van der Waals surface area contributed by atoms with Crippen molar-refractivity contribution in [3.63, 3.8) is 0 Å². The van der Waals surface area contributed by atoms with Crippen LogP contribution in [0.5, 0.6) is 0 Å². The highest BCUT2D eigenvalue weighted by molar-refractivity contribution is 7.18. The highest BCUT2D eigenvalue weighted by atomic mass is 35.5. The monoisotopic (exact) mass is 382 g/mol. The molecule has 0 saturated carbocycles. The molecule has 3 N–H and O–H groups in total. The topological polar surface area (TPSA) is 104 Å². The van der Waals surface area contributed by atoms with Gasteiger partial charge in [0, 0.05) is 23.4 Å². The standard InChI is InChI=1S/C16H19ClN4O3S/c17-12-9-7-11(8-10-12)15-19-20-16(25-15)18-13(22)5-3-1-2-4-6-14(23)21-24/h7-10,24H,1-6H2,(H,21,23)(H,18,20,22). The second-order valence-corrected chi connectivity index (χ2v) is 6.83. The lowest BCUT2D eigenvalue weighted by atomic mass is 10.1. The van der Waals surface area contributed by atoms with E-state index in [2.05, 4.69) is 15.5 Å². The maximum Gasteiger partial charge on any atom is 0.243 e. The van der Waals surface area contributed by atoms with Crippen molar-refractivity contribution in [1.29, 1.82) is 0 Å². The Morgan fingerprint density at radius 2 is 1.64 bits per heavy atom. The van der Waals surface area contributed by atoms with Crippen molar-refractivity contribution in [2.75, 3.05) is 5.32 Å². The van der Waals surface area contributed by atoms with Crippen molar-refractivity contribution < 1.29 is 14.8 Å². The molecule has 0 atom stereocenters. The van der Waals surface area contributed by atoms with E-state index >= 15 is 0 Å². The van der Waals surface area contributed by atoms with Crippen molar-refractivity contribution in [2.45, 2.75) is 38.5 Å². The van der Waals surface area contributed by atoms with Crippen LogP contribution in [0.4, 0.5) is 5.13 Å². The third-order valence-corrected chi connectivity index (χ3v) is 4.58. The van der Waals surface area contributed by atoms with Gasteiger partial charge in [0.25, 0.3) is 0 Å². The lowest BCUT2D eigenvalue weighted by Crippen LogP contribution is -2.17. The van der Waals surface area contributed by atoms with E-state index in [1.807, 2.05) is 12.1 Å². The normalized spacial score (nSPS) is 10.5. The third-order valence-electron chi connectivity index (χ3n) is 3.44. The van der Waals surface area contributed by atoms with Gasteiger partial charge in [-0.2, -0.15) is 0 Å². The first kappa shape index (κ1) is 19.3. The van der Waals surface area contributed by atoms with E-state index < -0.39 is 0 Å². The molecule has 2 rings (SSSR count). The van der Waals surface area contributed by atoms with Gasteiger partial charge in [0.1, 0.15) is 5.01 Å². The summed E-state index contributed by atoms with van der Waals surface area (Å²) in [5, 5.41) is 21.0. The number of halogens is 1. The number of aromatic nitrogens is 2. The number of rotatable bonds is 9. The molecule has 0 aliphatic rings. The number of amides is 2. The predicted molar refractivity (Wildman–Crippen MR) is 96.6 cm³/mol. The summed E-state index contributed by atoms with van der Waals surface area (Å²) in [6, 6.07) is 7.26. The fraction of sp³-hybridized carbons (Fsp3) is 0.375. The molecule has 1 heterocycles. The molecule has 0 radical (unpaired) electrons. The first-order chi connectivity index (χ1) is 12.1. The molecule has 1 aromatic heterocycles. The number of unbranched alkanes of at least 4 members (excludes halogenated alkanes) is 3. The highest BCUT2D eigenvalue weighted by Crippen LogP contribution is 2.27. The van der Waals surface area contributed by atoms with Crippen LogP contribution in [0.2, 0.25) is 5.02 Å². The third kappa shape index (κ3) is 6.77. The minimum atomic E-state index is -0.384. The van der Waals surface area contributed by atoms with Gasteiger partial charge < -0.3 is 5.32 Å². The average molecular weight is 383 g/mol. The second-order valence-electron chi connectivity index (χ2n) is 5.42. The fourth-order valence-electron chi connectivity index (χ4n) is 2.15. The molecule has 0 fully saturated rings. The number of carbonyl (C=O) groups excluding carboxylic acids is 2. The van der Waals surface area contributed by atoms with E-state index in [0.29, 0.717) is 34.4 Å². The summed E-state index contributed by atoms with van der Waals surface area (Å²) in [6.07, 6.45) is 3.78. The van der Waals surface area contributed by atoms with Crippen molar-refractivity contribution in [3.05, 3.63) is 29.3 Å². The van der Waals surface area contributed by atoms with E-state index in [4.69, 9.17) is 16.8 Å². The van der Waals surface area contributed by atoms with Crippen LogP contribution in [-0.4, -0.2) is 27.2 Å². The Morgan fingerprint density at radius 3 is 2.28 bits per heavy atom. The summed E-state index contributed by atoms with van der Waals surface area (Å²) >= 11 is 7.16. The predicted octanol–water partition coefficient (Wildman–Crippen LogP) is 3.64. The summed E-state index contributed by atoms with van der Waals surface area (Å²) in [4.78, 5) is 22.7. The molecule has 1 aromatic carbocycles. The van der Waals surface area contributed by atoms with Crippen LogP contribution in [0.25, 0.3) is 10.6 Å². The van der Waals surface area contributed by atoms with Gasteiger partial charge in [-0.1, -0.05) is 47.9 Å². The molecule has 0 aliphatic carbocycles. The molecule has 7 nitrogen and oxygen atoms in total. The van der Waals surface area contributed by atoms with E-state index in [1.54, 1.807) is 17.6 Å². The number of nitrogens with one attached hydrogen (secondary N) is 2. The Bertz CT molecular complexity index is 706. The molecule has 0 spiro atoms. The molecule has 9 heteroatoms. The number of hydrogen-bond acceptors (Lipinski definition) is 6. The van der Waals surface area contributed by atoms with Gasteiger partial charge in [-0.3, -0.25) is 14.8 Å². The minimum absolute atomic E-state index is 0.105. The largest absolute Gasteiger partial charge is 0.301 e. The van der Waals surface area contributed by atoms with Crippen LogP contribution in [0.3, 0.4) is 0 Å². The van der Waals surface area contributed by atoms with Gasteiger partial charge in [0.05, 0.1) is 0 Å². The zero-order valence-corrected chi connectivity index (χ0v) is 15.1. The average Bonchev–Trinajstić information content (AvgIpc) is 3.06. The molecule has 134 valence electrons. The molecule has 0 bridgehead atoms. The maximum absolute atomic E-state index is 11.9. The van der Waals surface area contributed by atoms with Gasteiger partial charge in [-0.05, 0) is 25.0 Å². The number of hydroxylamine groups is 1. The smallest absolute Gasteiger partial charge is 0.243 e. The Labute approximate surface area is 154 Å². The Kier molecular flexibility index (Phi) is 7.77. The quantitative estimate of drug-likeness (QED) is 0.349. The van der Waals surface area contributed by atoms with Gasteiger partial charge in [-0.25, -0.2) is 5.48 Å². The van der Waals surface area contributed by atoms with Crippen LogP contribution in [0.1, 0.15) is 38.5 Å². The Balaban J connectivity index is 1.69. The first-order valence-corrected chi connectivity index (χ1v) is 9.10. The molecule has 2 aromatic rings. The van der Waals surface area contributed by atoms with Crippen molar-refractivity contribution in [1.82, 2.24) is 15.7 Å². The van der Waals surface area contributed by atoms with E-state index in [9.17, 15) is 9.59 Å². The van der Waals surface area contributed by atoms with Crippen LogP contribution < -0.4 is 10.8 Å². The Hall–Kier alpha value is -2.03. The first-order valence-electron chi connectivity index (χ1n) is 7.90. The number of benzene rings is 1. The van der Waals surface area contributed by atoms with Crippen LogP contribution in [0, 0.1) is 0 Å². The fourth-order valence-corrected chi connectivity index (χ4v) is 3.04. The van der Waals surface area contributed by atoms with E-state index in [-0.39, 0.29) is 11.8 Å². The van der Waals surface area contributed by atoms with E-state index in [1.165, 1.54) is 11.3 Å². The summed E-state index contributed by atoms with van der Waals surface area (Å²) in [5.41, 5.74) is 2.49.